The molecule has 2 rings (SSSR count). The number of aliphatic imine (C=N–C) groups is 1. The molecule has 0 spiro atoms. The quantitative estimate of drug-likeness (QED) is 0.539. The second kappa shape index (κ2) is 9.94. The zero-order valence-electron chi connectivity index (χ0n) is 16.8. The van der Waals surface area contributed by atoms with E-state index in [0.717, 1.165) is 43.1 Å². The molecule has 152 valence electrons. The highest BCUT2D eigenvalue weighted by Gasteiger charge is 2.26. The molecule has 0 amide bonds. The van der Waals surface area contributed by atoms with E-state index in [9.17, 15) is 8.42 Å². The van der Waals surface area contributed by atoms with Crippen LogP contribution in [0.5, 0.6) is 5.75 Å². The molecule has 1 aliphatic rings. The van der Waals surface area contributed by atoms with Gasteiger partial charge in [-0.3, -0.25) is 4.99 Å². The average Bonchev–Trinajstić information content (AvgIpc) is 2.68. The summed E-state index contributed by atoms with van der Waals surface area (Å²) in [6.45, 7) is 5.61. The van der Waals surface area contributed by atoms with Gasteiger partial charge in [0.1, 0.15) is 5.75 Å². The molecule has 0 unspecified atom stereocenters. The van der Waals surface area contributed by atoms with Crippen LogP contribution < -0.4 is 15.4 Å². The molecular weight excluding hydrogens is 364 g/mol. The van der Waals surface area contributed by atoms with Crippen LogP contribution in [0.3, 0.4) is 0 Å². The Bertz CT molecular complexity index is 741. The Morgan fingerprint density at radius 3 is 2.63 bits per heavy atom. The molecule has 1 heterocycles. The minimum Gasteiger partial charge on any atom is -0.496 e. The Morgan fingerprint density at radius 1 is 1.33 bits per heavy atom. The van der Waals surface area contributed by atoms with Crippen LogP contribution in [-0.2, 0) is 16.4 Å². The summed E-state index contributed by atoms with van der Waals surface area (Å²) < 4.78 is 30.8. The summed E-state index contributed by atoms with van der Waals surface area (Å²) in [7, 11) is 0.356. The lowest BCUT2D eigenvalue weighted by atomic mass is 10.1. The van der Waals surface area contributed by atoms with Gasteiger partial charge in [0.05, 0.1) is 12.9 Å². The van der Waals surface area contributed by atoms with Gasteiger partial charge in [-0.25, -0.2) is 12.7 Å². The molecule has 27 heavy (non-hydrogen) atoms. The first kappa shape index (κ1) is 21.5. The van der Waals surface area contributed by atoms with Crippen molar-refractivity contribution >= 4 is 16.0 Å². The Balaban J connectivity index is 1.78. The van der Waals surface area contributed by atoms with Gasteiger partial charge in [-0.2, -0.15) is 0 Å². The monoisotopic (exact) mass is 396 g/mol. The summed E-state index contributed by atoms with van der Waals surface area (Å²) in [6, 6.07) is 6.48. The first-order valence-corrected chi connectivity index (χ1v) is 11.1. The van der Waals surface area contributed by atoms with Crippen molar-refractivity contribution in [3.8, 4) is 5.75 Å². The zero-order chi connectivity index (χ0) is 19.9. The van der Waals surface area contributed by atoms with Crippen molar-refractivity contribution in [2.45, 2.75) is 39.2 Å². The fraction of sp³-hybridized carbons (Fsp3) is 0.632. The average molecular weight is 397 g/mol. The van der Waals surface area contributed by atoms with Gasteiger partial charge >= 0.3 is 0 Å². The standard InChI is InChI=1S/C19H32N4O3S/c1-5-27(24,25)23-12-9-17(10-13-23)22-19(20-3)21-11-8-16-7-6-15(2)18(14-16)26-4/h6-7,14,17H,5,8-13H2,1-4H3,(H2,20,21,22). The minimum atomic E-state index is -3.08. The third-order valence-electron chi connectivity index (χ3n) is 4.96. The predicted molar refractivity (Wildman–Crippen MR) is 110 cm³/mol. The Morgan fingerprint density at radius 2 is 2.04 bits per heavy atom. The molecule has 1 aliphatic heterocycles. The first-order chi connectivity index (χ1) is 12.9. The van der Waals surface area contributed by atoms with E-state index in [-0.39, 0.29) is 11.8 Å². The highest BCUT2D eigenvalue weighted by Crippen LogP contribution is 2.19. The maximum atomic E-state index is 11.9. The number of sulfonamides is 1. The van der Waals surface area contributed by atoms with Gasteiger partial charge in [-0.05, 0) is 50.3 Å². The lowest BCUT2D eigenvalue weighted by Gasteiger charge is -2.32. The second-order valence-electron chi connectivity index (χ2n) is 6.77. The maximum absolute atomic E-state index is 11.9. The summed E-state index contributed by atoms with van der Waals surface area (Å²) >= 11 is 0. The van der Waals surface area contributed by atoms with Crippen LogP contribution in [0, 0.1) is 6.92 Å². The summed E-state index contributed by atoms with van der Waals surface area (Å²) in [4.78, 5) is 4.28. The molecule has 1 aromatic carbocycles. The highest BCUT2D eigenvalue weighted by atomic mass is 32.2. The van der Waals surface area contributed by atoms with E-state index in [2.05, 4.69) is 33.8 Å². The van der Waals surface area contributed by atoms with E-state index in [0.29, 0.717) is 13.1 Å². The normalized spacial score (nSPS) is 17.0. The number of guanidine groups is 1. The lowest BCUT2D eigenvalue weighted by molar-refractivity contribution is 0.306. The predicted octanol–water partition coefficient (Wildman–Crippen LogP) is 1.53. The topological polar surface area (TPSA) is 83.0 Å². The smallest absolute Gasteiger partial charge is 0.213 e. The van der Waals surface area contributed by atoms with Crippen LogP contribution in [0.25, 0.3) is 0 Å². The van der Waals surface area contributed by atoms with Gasteiger partial charge < -0.3 is 15.4 Å². The van der Waals surface area contributed by atoms with Crippen LogP contribution in [0.1, 0.15) is 30.9 Å². The summed E-state index contributed by atoms with van der Waals surface area (Å²) in [5.41, 5.74) is 2.33. The van der Waals surface area contributed by atoms with E-state index in [1.807, 2.05) is 6.92 Å². The number of benzene rings is 1. The number of piperidine rings is 1. The molecule has 0 atom stereocenters. The third-order valence-corrected chi connectivity index (χ3v) is 6.84. The maximum Gasteiger partial charge on any atom is 0.213 e. The summed E-state index contributed by atoms with van der Waals surface area (Å²) in [6.07, 6.45) is 2.44. The van der Waals surface area contributed by atoms with Crippen molar-refractivity contribution in [1.29, 1.82) is 0 Å². The van der Waals surface area contributed by atoms with Crippen LogP contribution >= 0.6 is 0 Å². The number of methoxy groups -OCH3 is 1. The Kier molecular flexibility index (Phi) is 7.91. The lowest BCUT2D eigenvalue weighted by Crippen LogP contribution is -2.50. The SMILES string of the molecule is CCS(=O)(=O)N1CCC(NC(=NC)NCCc2ccc(C)c(OC)c2)CC1. The highest BCUT2D eigenvalue weighted by molar-refractivity contribution is 7.89. The van der Waals surface area contributed by atoms with E-state index in [1.54, 1.807) is 25.4 Å². The largest absolute Gasteiger partial charge is 0.496 e. The molecular formula is C19H32N4O3S. The molecule has 7 nitrogen and oxygen atoms in total. The fourth-order valence-corrected chi connectivity index (χ4v) is 4.33. The number of nitrogens with zero attached hydrogens (tertiary/aromatic N) is 2. The molecule has 1 saturated heterocycles. The van der Waals surface area contributed by atoms with E-state index in [4.69, 9.17) is 4.74 Å². The van der Waals surface area contributed by atoms with Crippen LogP contribution in [-0.4, -0.2) is 64.3 Å². The molecule has 1 aromatic rings. The van der Waals surface area contributed by atoms with E-state index < -0.39 is 10.0 Å². The van der Waals surface area contributed by atoms with Crippen molar-refractivity contribution in [3.63, 3.8) is 0 Å². The first-order valence-electron chi connectivity index (χ1n) is 9.48. The van der Waals surface area contributed by atoms with E-state index >= 15 is 0 Å². The molecule has 2 N–H and O–H groups in total. The van der Waals surface area contributed by atoms with Crippen molar-refractivity contribution in [2.75, 3.05) is 39.5 Å². The molecule has 0 aromatic heterocycles. The Labute approximate surface area is 163 Å². The minimum absolute atomic E-state index is 0.165. The van der Waals surface area contributed by atoms with Crippen LogP contribution in [0.15, 0.2) is 23.2 Å². The van der Waals surface area contributed by atoms with Crippen LogP contribution in [0.4, 0.5) is 0 Å². The van der Waals surface area contributed by atoms with Gasteiger partial charge in [0.25, 0.3) is 0 Å². The van der Waals surface area contributed by atoms with Crippen molar-refractivity contribution in [3.05, 3.63) is 29.3 Å². The van der Waals surface area contributed by atoms with Gasteiger partial charge in [-0.1, -0.05) is 12.1 Å². The number of nitrogens with one attached hydrogen (secondary N) is 2. The van der Waals surface area contributed by atoms with Gasteiger partial charge in [0.15, 0.2) is 5.96 Å². The molecule has 0 radical (unpaired) electrons. The molecule has 1 fully saturated rings. The summed E-state index contributed by atoms with van der Waals surface area (Å²) in [5, 5.41) is 6.74. The molecule has 0 saturated carbocycles. The number of hydrogen-bond acceptors (Lipinski definition) is 4. The fourth-order valence-electron chi connectivity index (χ4n) is 3.19. The number of aryl methyl sites for hydroxylation is 1. The van der Waals surface area contributed by atoms with Crippen LogP contribution in [0.2, 0.25) is 0 Å². The van der Waals surface area contributed by atoms with E-state index in [1.165, 1.54) is 5.56 Å². The zero-order valence-corrected chi connectivity index (χ0v) is 17.6. The summed E-state index contributed by atoms with van der Waals surface area (Å²) in [5.74, 6) is 1.83. The Hall–Kier alpha value is -1.80. The van der Waals surface area contributed by atoms with Gasteiger partial charge in [0.2, 0.25) is 10.0 Å². The molecule has 8 heteroatoms. The molecule has 0 bridgehead atoms. The third kappa shape index (κ3) is 6.10. The number of ether oxygens (including phenoxy) is 1. The van der Waals surface area contributed by atoms with Crippen molar-refractivity contribution in [1.82, 2.24) is 14.9 Å². The molecule has 0 aliphatic carbocycles. The van der Waals surface area contributed by atoms with Gasteiger partial charge in [-0.15, -0.1) is 0 Å². The number of hydrogen-bond donors (Lipinski definition) is 2. The van der Waals surface area contributed by atoms with Gasteiger partial charge in [0, 0.05) is 32.7 Å². The second-order valence-corrected chi connectivity index (χ2v) is 9.03. The van der Waals surface area contributed by atoms with Crippen molar-refractivity contribution < 1.29 is 13.2 Å². The number of rotatable bonds is 7. The van der Waals surface area contributed by atoms with Crippen molar-refractivity contribution in [2.24, 2.45) is 4.99 Å².